The molecule has 2 rings (SSSR count). The Hall–Kier alpha value is -0.0800. The molecule has 88 valence electrons. The molecule has 2 N–H and O–H groups in total. The molecule has 0 heterocycles. The van der Waals surface area contributed by atoms with Gasteiger partial charge in [-0.1, -0.05) is 19.3 Å². The maximum absolute atomic E-state index is 9.08. The Morgan fingerprint density at radius 2 is 1.40 bits per heavy atom. The monoisotopic (exact) mass is 211 g/mol. The lowest BCUT2D eigenvalue weighted by Crippen LogP contribution is -2.41. The summed E-state index contributed by atoms with van der Waals surface area (Å²) in [6, 6.07) is 1.55. The average Bonchev–Trinajstić information content (AvgIpc) is 2.31. The molecular formula is C13H25NO. The summed E-state index contributed by atoms with van der Waals surface area (Å²) in [5, 5.41) is 12.9. The fourth-order valence-electron chi connectivity index (χ4n) is 3.11. The van der Waals surface area contributed by atoms with E-state index in [1.807, 2.05) is 0 Å². The molecule has 2 saturated carbocycles. The smallest absolute Gasteiger partial charge is 0.0459 e. The molecule has 2 fully saturated rings. The van der Waals surface area contributed by atoms with E-state index in [0.29, 0.717) is 12.5 Å². The zero-order valence-corrected chi connectivity index (χ0v) is 9.75. The van der Waals surface area contributed by atoms with Crippen molar-refractivity contribution in [3.8, 4) is 0 Å². The van der Waals surface area contributed by atoms with Crippen LogP contribution >= 0.6 is 0 Å². The first-order chi connectivity index (χ1) is 7.38. The van der Waals surface area contributed by atoms with Crippen LogP contribution in [0.4, 0.5) is 0 Å². The summed E-state index contributed by atoms with van der Waals surface area (Å²) in [6.45, 7) is 0.399. The van der Waals surface area contributed by atoms with Gasteiger partial charge in [0, 0.05) is 18.7 Å². The lowest BCUT2D eigenvalue weighted by molar-refractivity contribution is 0.168. The molecule has 0 aliphatic heterocycles. The zero-order valence-electron chi connectivity index (χ0n) is 9.75. The van der Waals surface area contributed by atoms with Crippen LogP contribution in [0.3, 0.4) is 0 Å². The van der Waals surface area contributed by atoms with E-state index in [4.69, 9.17) is 5.11 Å². The van der Waals surface area contributed by atoms with Gasteiger partial charge in [0.15, 0.2) is 0 Å². The van der Waals surface area contributed by atoms with Crippen LogP contribution in [0.1, 0.15) is 57.8 Å². The standard InChI is InChI=1S/C13H25NO/c15-10-11-6-8-13(9-7-11)14-12-4-2-1-3-5-12/h11-15H,1-10H2. The highest BCUT2D eigenvalue weighted by Crippen LogP contribution is 2.26. The molecule has 2 nitrogen and oxygen atoms in total. The summed E-state index contributed by atoms with van der Waals surface area (Å²) >= 11 is 0. The molecule has 2 heteroatoms. The number of aliphatic hydroxyl groups excluding tert-OH is 1. The number of hydrogen-bond acceptors (Lipinski definition) is 2. The molecule has 0 aromatic rings. The normalized spacial score (nSPS) is 34.2. The van der Waals surface area contributed by atoms with E-state index in [1.54, 1.807) is 0 Å². The molecule has 0 bridgehead atoms. The van der Waals surface area contributed by atoms with Crippen LogP contribution in [-0.4, -0.2) is 23.8 Å². The fourth-order valence-corrected chi connectivity index (χ4v) is 3.11. The fraction of sp³-hybridized carbons (Fsp3) is 1.00. The van der Waals surface area contributed by atoms with Crippen LogP contribution in [0, 0.1) is 5.92 Å². The van der Waals surface area contributed by atoms with Crippen LogP contribution in [0.5, 0.6) is 0 Å². The first-order valence-electron chi connectivity index (χ1n) is 6.75. The SMILES string of the molecule is OCC1CCC(NC2CCCCC2)CC1. The van der Waals surface area contributed by atoms with Crippen LogP contribution in [-0.2, 0) is 0 Å². The van der Waals surface area contributed by atoms with E-state index in [2.05, 4.69) is 5.32 Å². The third kappa shape index (κ3) is 3.46. The van der Waals surface area contributed by atoms with Gasteiger partial charge in [0.05, 0.1) is 0 Å². The second-order valence-corrected chi connectivity index (χ2v) is 5.40. The van der Waals surface area contributed by atoms with Gasteiger partial charge < -0.3 is 10.4 Å². The zero-order chi connectivity index (χ0) is 10.5. The predicted octanol–water partition coefficient (Wildman–Crippen LogP) is 2.46. The molecule has 0 aromatic heterocycles. The Balaban J connectivity index is 1.67. The van der Waals surface area contributed by atoms with Crippen LogP contribution in [0.2, 0.25) is 0 Å². The van der Waals surface area contributed by atoms with Crippen molar-refractivity contribution in [3.05, 3.63) is 0 Å². The minimum Gasteiger partial charge on any atom is -0.396 e. The molecular weight excluding hydrogens is 186 g/mol. The van der Waals surface area contributed by atoms with Gasteiger partial charge in [-0.15, -0.1) is 0 Å². The molecule has 2 aliphatic carbocycles. The summed E-state index contributed by atoms with van der Waals surface area (Å²) in [5.74, 6) is 0.592. The average molecular weight is 211 g/mol. The summed E-state index contributed by atoms with van der Waals surface area (Å²) in [7, 11) is 0. The summed E-state index contributed by atoms with van der Waals surface area (Å²) in [6.07, 6.45) is 12.1. The molecule has 0 spiro atoms. The van der Waals surface area contributed by atoms with Gasteiger partial charge in [-0.25, -0.2) is 0 Å². The number of hydrogen-bond donors (Lipinski definition) is 2. The molecule has 0 aromatic carbocycles. The van der Waals surface area contributed by atoms with Crippen molar-refractivity contribution < 1.29 is 5.11 Å². The Kier molecular flexibility index (Phi) is 4.45. The van der Waals surface area contributed by atoms with Crippen LogP contribution in [0.15, 0.2) is 0 Å². The quantitative estimate of drug-likeness (QED) is 0.751. The highest BCUT2D eigenvalue weighted by molar-refractivity contribution is 4.81. The van der Waals surface area contributed by atoms with Crippen molar-refractivity contribution in [1.82, 2.24) is 5.32 Å². The summed E-state index contributed by atoms with van der Waals surface area (Å²) in [4.78, 5) is 0. The number of aliphatic hydroxyl groups is 1. The summed E-state index contributed by atoms with van der Waals surface area (Å²) < 4.78 is 0. The molecule has 15 heavy (non-hydrogen) atoms. The Morgan fingerprint density at radius 1 is 0.800 bits per heavy atom. The Labute approximate surface area is 93.5 Å². The molecule has 0 amide bonds. The van der Waals surface area contributed by atoms with Crippen molar-refractivity contribution in [2.24, 2.45) is 5.92 Å². The van der Waals surface area contributed by atoms with Gasteiger partial charge in [-0.2, -0.15) is 0 Å². The van der Waals surface area contributed by atoms with Gasteiger partial charge in [-0.3, -0.25) is 0 Å². The first kappa shape index (κ1) is 11.4. The van der Waals surface area contributed by atoms with Gasteiger partial charge in [0.25, 0.3) is 0 Å². The highest BCUT2D eigenvalue weighted by atomic mass is 16.3. The van der Waals surface area contributed by atoms with Gasteiger partial charge in [0.2, 0.25) is 0 Å². The largest absolute Gasteiger partial charge is 0.396 e. The molecule has 0 radical (unpaired) electrons. The van der Waals surface area contributed by atoms with Crippen molar-refractivity contribution >= 4 is 0 Å². The van der Waals surface area contributed by atoms with Crippen molar-refractivity contribution in [2.75, 3.05) is 6.61 Å². The van der Waals surface area contributed by atoms with Crippen molar-refractivity contribution in [1.29, 1.82) is 0 Å². The van der Waals surface area contributed by atoms with E-state index in [-0.39, 0.29) is 0 Å². The number of nitrogens with one attached hydrogen (secondary N) is 1. The first-order valence-corrected chi connectivity index (χ1v) is 6.75. The highest BCUT2D eigenvalue weighted by Gasteiger charge is 2.23. The molecule has 0 saturated heterocycles. The van der Waals surface area contributed by atoms with E-state index in [0.717, 1.165) is 12.1 Å². The molecule has 0 atom stereocenters. The van der Waals surface area contributed by atoms with Gasteiger partial charge >= 0.3 is 0 Å². The lowest BCUT2D eigenvalue weighted by atomic mass is 9.85. The number of rotatable bonds is 3. The summed E-state index contributed by atoms with van der Waals surface area (Å²) in [5.41, 5.74) is 0. The minimum atomic E-state index is 0.399. The van der Waals surface area contributed by atoms with Crippen LogP contribution in [0.25, 0.3) is 0 Å². The maximum atomic E-state index is 9.08. The lowest BCUT2D eigenvalue weighted by Gasteiger charge is -2.33. The van der Waals surface area contributed by atoms with Gasteiger partial charge in [-0.05, 0) is 44.4 Å². The Morgan fingerprint density at radius 3 is 2.00 bits per heavy atom. The third-order valence-corrected chi connectivity index (χ3v) is 4.18. The molecule has 2 aliphatic rings. The third-order valence-electron chi connectivity index (χ3n) is 4.18. The van der Waals surface area contributed by atoms with Crippen molar-refractivity contribution in [2.45, 2.75) is 69.9 Å². The molecule has 0 unspecified atom stereocenters. The van der Waals surface area contributed by atoms with E-state index >= 15 is 0 Å². The Bertz CT molecular complexity index is 169. The van der Waals surface area contributed by atoms with E-state index < -0.39 is 0 Å². The predicted molar refractivity (Wildman–Crippen MR) is 62.8 cm³/mol. The maximum Gasteiger partial charge on any atom is 0.0459 e. The topological polar surface area (TPSA) is 32.3 Å². The van der Waals surface area contributed by atoms with Crippen molar-refractivity contribution in [3.63, 3.8) is 0 Å². The van der Waals surface area contributed by atoms with E-state index in [1.165, 1.54) is 57.8 Å². The second kappa shape index (κ2) is 5.86. The second-order valence-electron chi connectivity index (χ2n) is 5.40. The minimum absolute atomic E-state index is 0.399. The van der Waals surface area contributed by atoms with Crippen LogP contribution < -0.4 is 5.32 Å². The van der Waals surface area contributed by atoms with E-state index in [9.17, 15) is 0 Å². The van der Waals surface area contributed by atoms with Gasteiger partial charge in [0.1, 0.15) is 0 Å².